The van der Waals surface area contributed by atoms with Crippen LogP contribution in [-0.4, -0.2) is 43.9 Å². The number of H-pyrrole nitrogens is 1. The summed E-state index contributed by atoms with van der Waals surface area (Å²) >= 11 is 0. The molecule has 0 unspecified atom stereocenters. The topological polar surface area (TPSA) is 105 Å². The highest BCUT2D eigenvalue weighted by Gasteiger charge is 2.46. The highest BCUT2D eigenvalue weighted by molar-refractivity contribution is 6.08. The number of benzene rings is 2. The molecule has 4 heterocycles. The summed E-state index contributed by atoms with van der Waals surface area (Å²) in [5.74, 6) is 0.727. The van der Waals surface area contributed by atoms with E-state index < -0.39 is 11.1 Å². The van der Waals surface area contributed by atoms with Crippen LogP contribution in [0.4, 0.5) is 5.69 Å². The summed E-state index contributed by atoms with van der Waals surface area (Å²) in [5, 5.41) is 21.7. The van der Waals surface area contributed by atoms with Crippen LogP contribution in [0.25, 0.3) is 22.2 Å². The van der Waals surface area contributed by atoms with Crippen LogP contribution in [0, 0.1) is 0 Å². The maximum absolute atomic E-state index is 13.5. The summed E-state index contributed by atoms with van der Waals surface area (Å²) in [6.07, 6.45) is 3.58. The Morgan fingerprint density at radius 2 is 1.80 bits per heavy atom. The van der Waals surface area contributed by atoms with Crippen LogP contribution in [0.1, 0.15) is 62.2 Å². The van der Waals surface area contributed by atoms with Gasteiger partial charge in [0.05, 0.1) is 17.9 Å². The molecule has 0 atom stereocenters. The van der Waals surface area contributed by atoms with Crippen LogP contribution in [0.2, 0.25) is 0 Å². The Balaban J connectivity index is 1.33. The van der Waals surface area contributed by atoms with Crippen LogP contribution in [0.3, 0.4) is 0 Å². The van der Waals surface area contributed by atoms with Crippen LogP contribution in [0.15, 0.2) is 71.9 Å². The van der Waals surface area contributed by atoms with Gasteiger partial charge in [-0.1, -0.05) is 24.3 Å². The molecule has 205 valence electrons. The number of nitrogens with one attached hydrogen (secondary N) is 3. The third kappa shape index (κ3) is 4.89. The Bertz CT molecular complexity index is 1590. The van der Waals surface area contributed by atoms with Gasteiger partial charge in [0.15, 0.2) is 0 Å². The number of aromatic amines is 1. The maximum atomic E-state index is 13.5. The summed E-state index contributed by atoms with van der Waals surface area (Å²) in [6.45, 7) is 8.26. The lowest BCUT2D eigenvalue weighted by Crippen LogP contribution is -2.62. The molecule has 2 aliphatic rings. The van der Waals surface area contributed by atoms with E-state index >= 15 is 0 Å². The minimum absolute atomic E-state index is 0.0804. The molecule has 0 aliphatic carbocycles. The van der Waals surface area contributed by atoms with Gasteiger partial charge in [0.25, 0.3) is 5.91 Å². The predicted octanol–water partition coefficient (Wildman–Crippen LogP) is 5.89. The van der Waals surface area contributed by atoms with E-state index in [4.69, 9.17) is 4.99 Å². The minimum atomic E-state index is -0.549. The molecule has 2 aromatic carbocycles. The van der Waals surface area contributed by atoms with E-state index in [9.17, 15) is 10.0 Å². The average molecular weight is 536 g/mol. The summed E-state index contributed by atoms with van der Waals surface area (Å²) in [4.78, 5) is 26.4. The zero-order valence-electron chi connectivity index (χ0n) is 23.4. The van der Waals surface area contributed by atoms with Crippen molar-refractivity contribution in [2.24, 2.45) is 4.99 Å². The molecule has 2 aliphatic heterocycles. The molecule has 4 aromatic rings. The molecule has 0 saturated carbocycles. The molecule has 2 aromatic heterocycles. The fourth-order valence-corrected chi connectivity index (χ4v) is 6.38. The van der Waals surface area contributed by atoms with E-state index in [1.165, 1.54) is 5.06 Å². The number of aliphatic imine (C=N–C) groups is 1. The largest absolute Gasteiger partial charge is 0.354 e. The number of hydroxylamine groups is 2. The van der Waals surface area contributed by atoms with E-state index in [0.717, 1.165) is 44.9 Å². The molecule has 8 nitrogen and oxygen atoms in total. The van der Waals surface area contributed by atoms with Crippen molar-refractivity contribution in [3.05, 3.63) is 83.7 Å². The van der Waals surface area contributed by atoms with Gasteiger partial charge in [0, 0.05) is 57.5 Å². The number of amides is 1. The predicted molar refractivity (Wildman–Crippen MR) is 158 cm³/mol. The first-order valence-corrected chi connectivity index (χ1v) is 13.8. The molecule has 0 spiro atoms. The number of carbonyl (C=O) groups excluding carboxylic acids is 1. The fourth-order valence-electron chi connectivity index (χ4n) is 6.38. The van der Waals surface area contributed by atoms with Gasteiger partial charge in [-0.05, 0) is 82.5 Å². The second-order valence-corrected chi connectivity index (χ2v) is 12.2. The van der Waals surface area contributed by atoms with Gasteiger partial charge in [-0.2, -0.15) is 0 Å². The van der Waals surface area contributed by atoms with Crippen molar-refractivity contribution >= 4 is 28.3 Å². The highest BCUT2D eigenvalue weighted by atomic mass is 16.5. The van der Waals surface area contributed by atoms with Crippen molar-refractivity contribution in [2.45, 2.75) is 70.6 Å². The molecular formula is C32H35N6O2. The fraction of sp³-hybridized carbons (Fsp3) is 0.344. The number of pyridine rings is 1. The minimum Gasteiger partial charge on any atom is -0.354 e. The third-order valence-electron chi connectivity index (χ3n) is 8.07. The number of fused-ring (bicyclic) bond motifs is 5. The molecule has 1 radical (unpaired) electrons. The normalized spacial score (nSPS) is 19.5. The summed E-state index contributed by atoms with van der Waals surface area (Å²) < 4.78 is 0. The number of hydrogen-bond donors (Lipinski definition) is 3. The van der Waals surface area contributed by atoms with Crippen molar-refractivity contribution < 1.29 is 10.0 Å². The number of anilines is 1. The first kappa shape index (κ1) is 26.2. The Labute approximate surface area is 234 Å². The van der Waals surface area contributed by atoms with Gasteiger partial charge in [-0.15, -0.1) is 10.3 Å². The zero-order chi connectivity index (χ0) is 28.1. The molecule has 1 amide bonds. The monoisotopic (exact) mass is 535 g/mol. The number of amidine groups is 1. The number of hydrogen-bond acceptors (Lipinski definition) is 4. The van der Waals surface area contributed by atoms with Crippen LogP contribution in [-0.2, 0) is 18.2 Å². The van der Waals surface area contributed by atoms with Gasteiger partial charge < -0.3 is 15.6 Å². The quantitative estimate of drug-likeness (QED) is 0.303. The second kappa shape index (κ2) is 9.87. The number of nitrogens with zero attached hydrogens (tertiary/aromatic N) is 3. The lowest BCUT2D eigenvalue weighted by atomic mass is 9.79. The lowest BCUT2D eigenvalue weighted by molar-refractivity contribution is -0.289. The van der Waals surface area contributed by atoms with Gasteiger partial charge in [-0.3, -0.25) is 14.8 Å². The zero-order valence-corrected chi connectivity index (χ0v) is 23.4. The maximum Gasteiger partial charge on any atom is 0.251 e. The van der Waals surface area contributed by atoms with Crippen molar-refractivity contribution in [1.29, 1.82) is 0 Å². The Morgan fingerprint density at radius 1 is 1.05 bits per heavy atom. The summed E-state index contributed by atoms with van der Waals surface area (Å²) in [6, 6.07) is 19.8. The van der Waals surface area contributed by atoms with E-state index in [0.29, 0.717) is 31.4 Å². The summed E-state index contributed by atoms with van der Waals surface area (Å²) in [7, 11) is 0. The second-order valence-electron chi connectivity index (χ2n) is 12.2. The van der Waals surface area contributed by atoms with E-state index in [2.05, 4.69) is 32.7 Å². The van der Waals surface area contributed by atoms with Crippen LogP contribution < -0.4 is 10.6 Å². The Morgan fingerprint density at radius 3 is 2.55 bits per heavy atom. The number of piperidine rings is 1. The lowest BCUT2D eigenvalue weighted by Gasteiger charge is -2.50. The smallest absolute Gasteiger partial charge is 0.251 e. The van der Waals surface area contributed by atoms with Crippen molar-refractivity contribution in [3.8, 4) is 11.3 Å². The number of carbonyl (C=O) groups is 1. The molecule has 3 N–H and O–H groups in total. The molecule has 40 heavy (non-hydrogen) atoms. The molecular weight excluding hydrogens is 500 g/mol. The van der Waals surface area contributed by atoms with Gasteiger partial charge in [0.2, 0.25) is 0 Å². The standard InChI is InChI=1S/C32H35N6O2/c1-31(2)17-22(18-32(3,4)38(31)40)35-30(39)20-12-13-27-24(15-20)25-16-28(34-19-21-9-7-8-14-33-21)36-26-11-6-5-10-23(26)29(25)37-27/h5-15,22,37H,16-19H2,1-4H3,(H,34,36)(H,35,39). The van der Waals surface area contributed by atoms with Crippen molar-refractivity contribution in [1.82, 2.24) is 20.3 Å². The Kier molecular flexibility index (Phi) is 6.47. The van der Waals surface area contributed by atoms with E-state index in [1.807, 2.05) is 76.2 Å². The third-order valence-corrected chi connectivity index (χ3v) is 8.07. The summed E-state index contributed by atoms with van der Waals surface area (Å²) in [5.41, 5.74) is 5.57. The van der Waals surface area contributed by atoms with E-state index in [1.54, 1.807) is 6.20 Å². The van der Waals surface area contributed by atoms with Gasteiger partial charge in [0.1, 0.15) is 5.84 Å². The molecule has 8 heteroatoms. The number of rotatable bonds is 4. The Hall–Kier alpha value is -4.01. The first-order valence-electron chi connectivity index (χ1n) is 13.8. The highest BCUT2D eigenvalue weighted by Crippen LogP contribution is 2.39. The van der Waals surface area contributed by atoms with Crippen LogP contribution in [0.5, 0.6) is 0 Å². The van der Waals surface area contributed by atoms with E-state index in [-0.39, 0.29) is 11.9 Å². The molecule has 0 bridgehead atoms. The number of aromatic nitrogens is 2. The first-order chi connectivity index (χ1) is 19.1. The SMILES string of the molecule is CC1(C)CC(NC(=O)c2ccc3[nH]c4c(c3c2)CC(=NCc2ccccn2)Nc2ccccc2-4)CC(C)(C)N1[O]. The molecule has 6 rings (SSSR count). The molecule has 1 fully saturated rings. The van der Waals surface area contributed by atoms with Crippen LogP contribution >= 0.6 is 0 Å². The van der Waals surface area contributed by atoms with Gasteiger partial charge >= 0.3 is 0 Å². The van der Waals surface area contributed by atoms with Gasteiger partial charge in [-0.25, -0.2) is 0 Å². The number of para-hydroxylation sites is 1. The average Bonchev–Trinajstić information content (AvgIpc) is 3.19. The van der Waals surface area contributed by atoms with Crippen molar-refractivity contribution in [2.75, 3.05) is 5.32 Å². The van der Waals surface area contributed by atoms with Crippen molar-refractivity contribution in [3.63, 3.8) is 0 Å². The molecule has 1 saturated heterocycles.